The molecule has 106 valence electrons. The van der Waals surface area contributed by atoms with Crippen molar-refractivity contribution in [3.63, 3.8) is 0 Å². The molecule has 0 aromatic rings. The fourth-order valence-electron chi connectivity index (χ4n) is 2.40. The van der Waals surface area contributed by atoms with Crippen molar-refractivity contribution in [2.75, 3.05) is 20.1 Å². The molecule has 0 aromatic carbocycles. The van der Waals surface area contributed by atoms with Crippen molar-refractivity contribution in [1.29, 1.82) is 0 Å². The van der Waals surface area contributed by atoms with E-state index in [0.29, 0.717) is 12.1 Å². The average Bonchev–Trinajstić information content (AvgIpc) is 2.35. The van der Waals surface area contributed by atoms with Crippen LogP contribution in [-0.4, -0.2) is 54.0 Å². The third-order valence-electron chi connectivity index (χ3n) is 4.10. The lowest BCUT2D eigenvalue weighted by Crippen LogP contribution is -2.54. The van der Waals surface area contributed by atoms with Crippen LogP contribution >= 0.6 is 0 Å². The van der Waals surface area contributed by atoms with Crippen LogP contribution < -0.4 is 5.73 Å². The van der Waals surface area contributed by atoms with Crippen molar-refractivity contribution >= 4 is 5.91 Å². The normalized spacial score (nSPS) is 22.9. The lowest BCUT2D eigenvalue weighted by atomic mass is 9.99. The Morgan fingerprint density at radius 2 is 1.94 bits per heavy atom. The number of rotatable bonds is 4. The zero-order valence-electron chi connectivity index (χ0n) is 12.5. The second kappa shape index (κ2) is 6.53. The van der Waals surface area contributed by atoms with Gasteiger partial charge in [0.25, 0.3) is 0 Å². The SMILES string of the molecule is CC(C)[C@H](N)C(=O)N1CCC[C@@H](N(C)C(C)C)C1. The molecule has 0 radical (unpaired) electrons. The minimum Gasteiger partial charge on any atom is -0.340 e. The van der Waals surface area contributed by atoms with Crippen LogP contribution in [0.2, 0.25) is 0 Å². The molecule has 0 aliphatic carbocycles. The van der Waals surface area contributed by atoms with Crippen molar-refractivity contribution in [1.82, 2.24) is 9.80 Å². The van der Waals surface area contributed by atoms with E-state index in [4.69, 9.17) is 5.73 Å². The summed E-state index contributed by atoms with van der Waals surface area (Å²) in [5, 5.41) is 0. The number of likely N-dealkylation sites (N-methyl/N-ethyl adjacent to an activating group) is 1. The molecule has 0 unspecified atom stereocenters. The first-order chi connectivity index (χ1) is 8.34. The molecule has 2 atom stereocenters. The van der Waals surface area contributed by atoms with E-state index < -0.39 is 0 Å². The highest BCUT2D eigenvalue weighted by molar-refractivity contribution is 5.82. The van der Waals surface area contributed by atoms with Gasteiger partial charge in [-0.05, 0) is 39.7 Å². The minimum atomic E-state index is -0.354. The van der Waals surface area contributed by atoms with E-state index in [-0.39, 0.29) is 17.9 Å². The lowest BCUT2D eigenvalue weighted by molar-refractivity contribution is -0.135. The second-order valence-electron chi connectivity index (χ2n) is 6.11. The fraction of sp³-hybridized carbons (Fsp3) is 0.929. The van der Waals surface area contributed by atoms with E-state index in [1.807, 2.05) is 18.7 Å². The highest BCUT2D eigenvalue weighted by Crippen LogP contribution is 2.18. The van der Waals surface area contributed by atoms with Gasteiger partial charge in [-0.25, -0.2) is 0 Å². The molecule has 0 saturated carbocycles. The van der Waals surface area contributed by atoms with E-state index in [2.05, 4.69) is 25.8 Å². The fourth-order valence-corrected chi connectivity index (χ4v) is 2.40. The monoisotopic (exact) mass is 255 g/mol. The van der Waals surface area contributed by atoms with Crippen molar-refractivity contribution in [2.24, 2.45) is 11.7 Å². The second-order valence-corrected chi connectivity index (χ2v) is 6.11. The van der Waals surface area contributed by atoms with Gasteiger partial charge >= 0.3 is 0 Å². The third kappa shape index (κ3) is 3.69. The smallest absolute Gasteiger partial charge is 0.239 e. The Kier molecular flexibility index (Phi) is 5.60. The third-order valence-corrected chi connectivity index (χ3v) is 4.10. The van der Waals surface area contributed by atoms with Gasteiger partial charge in [0.15, 0.2) is 0 Å². The number of carbonyl (C=O) groups is 1. The van der Waals surface area contributed by atoms with Crippen LogP contribution in [0, 0.1) is 5.92 Å². The summed E-state index contributed by atoms with van der Waals surface area (Å²) < 4.78 is 0. The Morgan fingerprint density at radius 3 is 2.44 bits per heavy atom. The van der Waals surface area contributed by atoms with E-state index >= 15 is 0 Å². The minimum absolute atomic E-state index is 0.117. The molecule has 0 bridgehead atoms. The number of carbonyl (C=O) groups excluding carboxylic acids is 1. The summed E-state index contributed by atoms with van der Waals surface area (Å²) in [4.78, 5) is 16.6. The quantitative estimate of drug-likeness (QED) is 0.824. The zero-order valence-corrected chi connectivity index (χ0v) is 12.5. The molecule has 1 heterocycles. The molecule has 1 rings (SSSR count). The van der Waals surface area contributed by atoms with E-state index in [1.165, 1.54) is 6.42 Å². The van der Waals surface area contributed by atoms with Gasteiger partial charge in [-0.3, -0.25) is 9.69 Å². The molecular formula is C14H29N3O. The molecule has 4 heteroatoms. The predicted octanol–water partition coefficient (Wildman–Crippen LogP) is 1.30. The van der Waals surface area contributed by atoms with Crippen molar-refractivity contribution < 1.29 is 4.79 Å². The van der Waals surface area contributed by atoms with Gasteiger partial charge in [0, 0.05) is 25.2 Å². The Bertz CT molecular complexity index is 278. The Morgan fingerprint density at radius 1 is 1.33 bits per heavy atom. The summed E-state index contributed by atoms with van der Waals surface area (Å²) in [5.41, 5.74) is 5.97. The summed E-state index contributed by atoms with van der Waals surface area (Å²) >= 11 is 0. The summed E-state index contributed by atoms with van der Waals surface area (Å²) in [5.74, 6) is 0.326. The Balaban J connectivity index is 2.61. The van der Waals surface area contributed by atoms with Crippen LogP contribution in [0.1, 0.15) is 40.5 Å². The van der Waals surface area contributed by atoms with Gasteiger partial charge in [0.1, 0.15) is 0 Å². The molecule has 0 aromatic heterocycles. The number of likely N-dealkylation sites (tertiary alicyclic amines) is 1. The van der Waals surface area contributed by atoms with E-state index in [1.54, 1.807) is 0 Å². The van der Waals surface area contributed by atoms with Crippen molar-refractivity contribution in [3.8, 4) is 0 Å². The maximum Gasteiger partial charge on any atom is 0.239 e. The van der Waals surface area contributed by atoms with Crippen LogP contribution in [0.25, 0.3) is 0 Å². The molecule has 1 fully saturated rings. The Hall–Kier alpha value is -0.610. The van der Waals surface area contributed by atoms with Crippen LogP contribution in [0.15, 0.2) is 0 Å². The van der Waals surface area contributed by atoms with Crippen LogP contribution in [0.3, 0.4) is 0 Å². The van der Waals surface area contributed by atoms with Crippen molar-refractivity contribution in [2.45, 2.75) is 58.7 Å². The maximum atomic E-state index is 12.3. The number of hydrogen-bond donors (Lipinski definition) is 1. The van der Waals surface area contributed by atoms with Gasteiger partial charge < -0.3 is 10.6 Å². The average molecular weight is 255 g/mol. The molecule has 2 N–H and O–H groups in total. The number of piperidine rings is 1. The largest absolute Gasteiger partial charge is 0.340 e. The first kappa shape index (κ1) is 15.4. The van der Waals surface area contributed by atoms with Crippen molar-refractivity contribution in [3.05, 3.63) is 0 Å². The molecule has 1 aliphatic rings. The van der Waals surface area contributed by atoms with Gasteiger partial charge in [-0.2, -0.15) is 0 Å². The van der Waals surface area contributed by atoms with E-state index in [9.17, 15) is 4.79 Å². The lowest BCUT2D eigenvalue weighted by Gasteiger charge is -2.40. The highest BCUT2D eigenvalue weighted by atomic mass is 16.2. The van der Waals surface area contributed by atoms with Gasteiger partial charge in [-0.15, -0.1) is 0 Å². The molecule has 4 nitrogen and oxygen atoms in total. The topological polar surface area (TPSA) is 49.6 Å². The summed E-state index contributed by atoms with van der Waals surface area (Å²) in [6, 6.07) is 0.638. The molecule has 1 saturated heterocycles. The van der Waals surface area contributed by atoms with Crippen LogP contribution in [-0.2, 0) is 4.79 Å². The number of hydrogen-bond acceptors (Lipinski definition) is 3. The molecule has 1 aliphatic heterocycles. The highest BCUT2D eigenvalue weighted by Gasteiger charge is 2.30. The zero-order chi connectivity index (χ0) is 13.9. The standard InChI is InChI=1S/C14H29N3O/c1-10(2)13(15)14(18)17-8-6-7-12(9-17)16(5)11(3)4/h10-13H,6-9,15H2,1-5H3/t12-,13+/m1/s1. The van der Waals surface area contributed by atoms with Crippen LogP contribution in [0.4, 0.5) is 0 Å². The first-order valence-corrected chi connectivity index (χ1v) is 7.11. The maximum absolute atomic E-state index is 12.3. The molecule has 0 spiro atoms. The van der Waals surface area contributed by atoms with E-state index in [0.717, 1.165) is 19.5 Å². The number of nitrogens with two attached hydrogens (primary N) is 1. The van der Waals surface area contributed by atoms with Gasteiger partial charge in [0.2, 0.25) is 5.91 Å². The molecule has 1 amide bonds. The molecular weight excluding hydrogens is 226 g/mol. The molecule has 18 heavy (non-hydrogen) atoms. The number of amides is 1. The number of nitrogens with zero attached hydrogens (tertiary/aromatic N) is 2. The first-order valence-electron chi connectivity index (χ1n) is 7.11. The Labute approximate surface area is 111 Å². The summed E-state index contributed by atoms with van der Waals surface area (Å²) in [7, 11) is 2.14. The van der Waals surface area contributed by atoms with Gasteiger partial charge in [0.05, 0.1) is 6.04 Å². The predicted molar refractivity (Wildman–Crippen MR) is 75.3 cm³/mol. The summed E-state index contributed by atoms with van der Waals surface area (Å²) in [6.45, 7) is 10.1. The van der Waals surface area contributed by atoms with Gasteiger partial charge in [-0.1, -0.05) is 13.8 Å². The van der Waals surface area contributed by atoms with Crippen LogP contribution in [0.5, 0.6) is 0 Å². The summed E-state index contributed by atoms with van der Waals surface area (Å²) in [6.07, 6.45) is 2.26.